The fourth-order valence-corrected chi connectivity index (χ4v) is 4.55. The van der Waals surface area contributed by atoms with Crippen LogP contribution in [-0.4, -0.2) is 27.8 Å². The van der Waals surface area contributed by atoms with Gasteiger partial charge in [-0.15, -0.1) is 11.3 Å². The van der Waals surface area contributed by atoms with Crippen LogP contribution in [0.4, 0.5) is 0 Å². The lowest BCUT2D eigenvalue weighted by Crippen LogP contribution is -2.27. The number of benzene rings is 1. The van der Waals surface area contributed by atoms with Crippen LogP contribution in [0.25, 0.3) is 21.3 Å². The SMILES string of the molecule is CCn1c(SCC(=O)NCCC#N)nc2scc(-c3ccccc3)c2c1=O. The number of rotatable bonds is 7. The summed E-state index contributed by atoms with van der Waals surface area (Å²) < 4.78 is 1.61. The van der Waals surface area contributed by atoms with Crippen LogP contribution in [0.3, 0.4) is 0 Å². The Hall–Kier alpha value is -2.63. The summed E-state index contributed by atoms with van der Waals surface area (Å²) in [5.41, 5.74) is 1.79. The van der Waals surface area contributed by atoms with Crippen molar-refractivity contribution in [2.45, 2.75) is 25.0 Å². The fraction of sp³-hybridized carbons (Fsp3) is 0.263. The zero-order valence-corrected chi connectivity index (χ0v) is 16.4. The first kappa shape index (κ1) is 19.1. The van der Waals surface area contributed by atoms with E-state index in [0.717, 1.165) is 11.1 Å². The standard InChI is InChI=1S/C19H18N4O2S2/c1-2-23-18(25)16-14(13-7-4-3-5-8-13)11-26-17(16)22-19(23)27-12-15(24)21-10-6-9-20/h3-5,7-8,11H,2,6,10,12H2,1H3,(H,21,24). The van der Waals surface area contributed by atoms with Gasteiger partial charge in [0.2, 0.25) is 5.91 Å². The molecule has 0 unspecified atom stereocenters. The van der Waals surface area contributed by atoms with E-state index in [4.69, 9.17) is 5.26 Å². The lowest BCUT2D eigenvalue weighted by Gasteiger charge is -2.10. The molecule has 6 nitrogen and oxygen atoms in total. The number of carbonyl (C=O) groups is 1. The van der Waals surface area contributed by atoms with Crippen molar-refractivity contribution in [3.63, 3.8) is 0 Å². The molecule has 0 bridgehead atoms. The first-order chi connectivity index (χ1) is 13.2. The highest BCUT2D eigenvalue weighted by Gasteiger charge is 2.17. The summed E-state index contributed by atoms with van der Waals surface area (Å²) >= 11 is 2.67. The summed E-state index contributed by atoms with van der Waals surface area (Å²) in [6.07, 6.45) is 0.276. The summed E-state index contributed by atoms with van der Waals surface area (Å²) in [5.74, 6) is -0.0243. The monoisotopic (exact) mass is 398 g/mol. The number of hydrogen-bond acceptors (Lipinski definition) is 6. The summed E-state index contributed by atoms with van der Waals surface area (Å²) in [5, 5.41) is 14.3. The maximum atomic E-state index is 13.1. The minimum absolute atomic E-state index is 0.0880. The van der Waals surface area contributed by atoms with Gasteiger partial charge in [-0.05, 0) is 12.5 Å². The Morgan fingerprint density at radius 2 is 2.15 bits per heavy atom. The number of aromatic nitrogens is 2. The van der Waals surface area contributed by atoms with Crippen molar-refractivity contribution >= 4 is 39.2 Å². The van der Waals surface area contributed by atoms with Crippen molar-refractivity contribution in [3.8, 4) is 17.2 Å². The predicted octanol–water partition coefficient (Wildman–Crippen LogP) is 3.27. The molecule has 1 N–H and O–H groups in total. The Bertz CT molecular complexity index is 1050. The van der Waals surface area contributed by atoms with Crippen molar-refractivity contribution in [1.82, 2.24) is 14.9 Å². The van der Waals surface area contributed by atoms with Gasteiger partial charge in [-0.25, -0.2) is 4.98 Å². The average molecular weight is 399 g/mol. The van der Waals surface area contributed by atoms with Crippen LogP contribution in [0.2, 0.25) is 0 Å². The zero-order chi connectivity index (χ0) is 19.2. The van der Waals surface area contributed by atoms with Crippen molar-refractivity contribution < 1.29 is 4.79 Å². The molecule has 2 heterocycles. The molecular formula is C19H18N4O2S2. The molecule has 0 spiro atoms. The topological polar surface area (TPSA) is 87.8 Å². The lowest BCUT2D eigenvalue weighted by molar-refractivity contribution is -0.118. The fourth-order valence-electron chi connectivity index (χ4n) is 2.66. The van der Waals surface area contributed by atoms with Gasteiger partial charge in [0.15, 0.2) is 5.16 Å². The van der Waals surface area contributed by atoms with Crippen LogP contribution < -0.4 is 10.9 Å². The van der Waals surface area contributed by atoms with E-state index in [2.05, 4.69) is 10.3 Å². The van der Waals surface area contributed by atoms with Crippen LogP contribution in [0.5, 0.6) is 0 Å². The molecule has 0 fully saturated rings. The molecule has 1 amide bonds. The minimum Gasteiger partial charge on any atom is -0.354 e. The van der Waals surface area contributed by atoms with Crippen LogP contribution in [0, 0.1) is 11.3 Å². The molecule has 0 aliphatic heterocycles. The molecule has 0 atom stereocenters. The minimum atomic E-state index is -0.177. The molecule has 0 saturated heterocycles. The number of nitrogens with zero attached hydrogens (tertiary/aromatic N) is 3. The second-order valence-corrected chi connectivity index (χ2v) is 7.49. The summed E-state index contributed by atoms with van der Waals surface area (Å²) in [6, 6.07) is 11.8. The van der Waals surface area contributed by atoms with Crippen LogP contribution >= 0.6 is 23.1 Å². The van der Waals surface area contributed by atoms with E-state index in [0.29, 0.717) is 28.5 Å². The van der Waals surface area contributed by atoms with Crippen molar-refractivity contribution in [2.24, 2.45) is 0 Å². The van der Waals surface area contributed by atoms with Gasteiger partial charge in [0.05, 0.1) is 23.6 Å². The maximum Gasteiger partial charge on any atom is 0.263 e. The van der Waals surface area contributed by atoms with E-state index in [1.807, 2.05) is 48.7 Å². The molecule has 3 aromatic rings. The highest BCUT2D eigenvalue weighted by Crippen LogP contribution is 2.32. The Labute approximate surface area is 164 Å². The number of amides is 1. The third kappa shape index (κ3) is 4.21. The molecule has 0 aliphatic rings. The number of thiophene rings is 1. The van der Waals surface area contributed by atoms with Crippen molar-refractivity contribution in [3.05, 3.63) is 46.1 Å². The van der Waals surface area contributed by atoms with Gasteiger partial charge in [0.1, 0.15) is 4.83 Å². The highest BCUT2D eigenvalue weighted by atomic mass is 32.2. The third-order valence-corrected chi connectivity index (χ3v) is 5.80. The van der Waals surface area contributed by atoms with E-state index >= 15 is 0 Å². The number of hydrogen-bond donors (Lipinski definition) is 1. The molecule has 27 heavy (non-hydrogen) atoms. The number of nitrogens with one attached hydrogen (secondary N) is 1. The predicted molar refractivity (Wildman–Crippen MR) is 109 cm³/mol. The Morgan fingerprint density at radius 3 is 2.85 bits per heavy atom. The molecule has 8 heteroatoms. The molecule has 138 valence electrons. The van der Waals surface area contributed by atoms with Crippen LogP contribution in [-0.2, 0) is 11.3 Å². The molecular weight excluding hydrogens is 380 g/mol. The summed E-state index contributed by atoms with van der Waals surface area (Å²) in [4.78, 5) is 30.3. The molecule has 0 aliphatic carbocycles. The van der Waals surface area contributed by atoms with E-state index in [-0.39, 0.29) is 23.6 Å². The van der Waals surface area contributed by atoms with E-state index in [1.165, 1.54) is 23.1 Å². The van der Waals surface area contributed by atoms with E-state index in [1.54, 1.807) is 4.57 Å². The first-order valence-electron chi connectivity index (χ1n) is 8.49. The Morgan fingerprint density at radius 1 is 1.37 bits per heavy atom. The Balaban J connectivity index is 1.91. The van der Waals surface area contributed by atoms with Crippen LogP contribution in [0.15, 0.2) is 45.7 Å². The molecule has 2 aromatic heterocycles. The van der Waals surface area contributed by atoms with Gasteiger partial charge in [-0.3, -0.25) is 14.2 Å². The lowest BCUT2D eigenvalue weighted by atomic mass is 10.1. The number of thioether (sulfide) groups is 1. The molecule has 0 saturated carbocycles. The van der Waals surface area contributed by atoms with Gasteiger partial charge in [0.25, 0.3) is 5.56 Å². The zero-order valence-electron chi connectivity index (χ0n) is 14.8. The highest BCUT2D eigenvalue weighted by molar-refractivity contribution is 7.99. The largest absolute Gasteiger partial charge is 0.354 e. The molecule has 3 rings (SSSR count). The number of fused-ring (bicyclic) bond motifs is 1. The van der Waals surface area contributed by atoms with Gasteiger partial charge in [-0.1, -0.05) is 42.1 Å². The second-order valence-electron chi connectivity index (χ2n) is 5.69. The Kier molecular flexibility index (Phi) is 6.27. The van der Waals surface area contributed by atoms with Gasteiger partial charge >= 0.3 is 0 Å². The smallest absolute Gasteiger partial charge is 0.263 e. The number of nitriles is 1. The number of carbonyl (C=O) groups excluding carboxylic acids is 1. The molecule has 0 radical (unpaired) electrons. The van der Waals surface area contributed by atoms with E-state index in [9.17, 15) is 9.59 Å². The summed E-state index contributed by atoms with van der Waals surface area (Å²) in [6.45, 7) is 2.69. The quantitative estimate of drug-likeness (QED) is 0.375. The van der Waals surface area contributed by atoms with Crippen molar-refractivity contribution in [1.29, 1.82) is 5.26 Å². The second kappa shape index (κ2) is 8.84. The van der Waals surface area contributed by atoms with Gasteiger partial charge in [0, 0.05) is 24.0 Å². The normalized spacial score (nSPS) is 10.7. The third-order valence-electron chi connectivity index (χ3n) is 3.95. The van der Waals surface area contributed by atoms with Crippen molar-refractivity contribution in [2.75, 3.05) is 12.3 Å². The molecule has 1 aromatic carbocycles. The summed E-state index contributed by atoms with van der Waals surface area (Å²) in [7, 11) is 0. The maximum absolute atomic E-state index is 13.1. The van der Waals surface area contributed by atoms with E-state index < -0.39 is 0 Å². The van der Waals surface area contributed by atoms with Gasteiger partial charge < -0.3 is 5.32 Å². The van der Waals surface area contributed by atoms with Gasteiger partial charge in [-0.2, -0.15) is 5.26 Å². The average Bonchev–Trinajstić information content (AvgIpc) is 3.11. The van der Waals surface area contributed by atoms with Crippen LogP contribution in [0.1, 0.15) is 13.3 Å². The first-order valence-corrected chi connectivity index (χ1v) is 10.4.